The van der Waals surface area contributed by atoms with Crippen LogP contribution in [0.5, 0.6) is 0 Å². The van der Waals surface area contributed by atoms with E-state index in [-0.39, 0.29) is 5.91 Å². The lowest BCUT2D eigenvalue weighted by atomic mass is 9.90. The van der Waals surface area contributed by atoms with E-state index in [9.17, 15) is 4.79 Å². The predicted octanol–water partition coefficient (Wildman–Crippen LogP) is 3.05. The van der Waals surface area contributed by atoms with E-state index in [2.05, 4.69) is 21.2 Å². The summed E-state index contributed by atoms with van der Waals surface area (Å²) < 4.78 is 6.29. The number of hydrogen-bond donors (Lipinski definition) is 2. The molecule has 1 saturated heterocycles. The fourth-order valence-corrected chi connectivity index (χ4v) is 3.06. The Morgan fingerprint density at radius 1 is 1.14 bits per heavy atom. The van der Waals surface area contributed by atoms with E-state index in [1.807, 2.05) is 36.4 Å². The Kier molecular flexibility index (Phi) is 3.97. The summed E-state index contributed by atoms with van der Waals surface area (Å²) in [7, 11) is 0. The summed E-state index contributed by atoms with van der Waals surface area (Å²) in [6.45, 7) is 1.07. The zero-order chi connectivity index (χ0) is 14.9. The number of nitrogens with two attached hydrogens (primary N) is 1. The Balaban J connectivity index is 1.91. The van der Waals surface area contributed by atoms with E-state index in [0.29, 0.717) is 26.1 Å². The molecule has 0 bridgehead atoms. The van der Waals surface area contributed by atoms with Crippen LogP contribution in [0.15, 0.2) is 40.9 Å². The van der Waals surface area contributed by atoms with Gasteiger partial charge in [0.15, 0.2) is 0 Å². The molecule has 2 aromatic rings. The number of amides is 1. The van der Waals surface area contributed by atoms with E-state index in [0.717, 1.165) is 20.9 Å². The van der Waals surface area contributed by atoms with Crippen molar-refractivity contribution in [1.29, 1.82) is 0 Å². The van der Waals surface area contributed by atoms with Crippen LogP contribution >= 0.6 is 15.9 Å². The van der Waals surface area contributed by atoms with Gasteiger partial charge in [0.25, 0.3) is 0 Å². The van der Waals surface area contributed by atoms with Crippen molar-refractivity contribution >= 4 is 38.3 Å². The zero-order valence-corrected chi connectivity index (χ0v) is 13.2. The maximum absolute atomic E-state index is 12.5. The van der Waals surface area contributed by atoms with Crippen molar-refractivity contribution in [3.8, 4) is 0 Å². The predicted molar refractivity (Wildman–Crippen MR) is 87.2 cm³/mol. The molecule has 21 heavy (non-hydrogen) atoms. The van der Waals surface area contributed by atoms with Crippen molar-refractivity contribution in [1.82, 2.24) is 0 Å². The van der Waals surface area contributed by atoms with Crippen LogP contribution in [-0.4, -0.2) is 24.7 Å². The number of hydrogen-bond acceptors (Lipinski definition) is 3. The first-order valence-electron chi connectivity index (χ1n) is 6.95. The third-order valence-electron chi connectivity index (χ3n) is 3.96. The molecule has 5 heteroatoms. The monoisotopic (exact) mass is 348 g/mol. The number of fused-ring (bicyclic) bond motifs is 1. The van der Waals surface area contributed by atoms with E-state index < -0.39 is 5.54 Å². The third kappa shape index (κ3) is 2.81. The fourth-order valence-electron chi connectivity index (χ4n) is 2.58. The molecule has 0 saturated carbocycles. The maximum Gasteiger partial charge on any atom is 0.244 e. The first-order valence-corrected chi connectivity index (χ1v) is 7.75. The van der Waals surface area contributed by atoms with Gasteiger partial charge in [-0.25, -0.2) is 0 Å². The van der Waals surface area contributed by atoms with Crippen molar-refractivity contribution in [3.05, 3.63) is 40.9 Å². The minimum atomic E-state index is -0.841. The molecule has 0 aromatic heterocycles. The summed E-state index contributed by atoms with van der Waals surface area (Å²) in [6, 6.07) is 11.8. The molecular formula is C16H17BrN2O2. The average molecular weight is 349 g/mol. The Bertz CT molecular complexity index is 681. The number of nitrogens with one attached hydrogen (secondary N) is 1. The first-order chi connectivity index (χ1) is 10.1. The van der Waals surface area contributed by atoms with Crippen LogP contribution < -0.4 is 11.1 Å². The number of benzene rings is 2. The van der Waals surface area contributed by atoms with Crippen LogP contribution in [0.4, 0.5) is 5.69 Å². The van der Waals surface area contributed by atoms with Gasteiger partial charge in [-0.2, -0.15) is 0 Å². The molecule has 0 unspecified atom stereocenters. The van der Waals surface area contributed by atoms with Crippen molar-refractivity contribution in [3.63, 3.8) is 0 Å². The second kappa shape index (κ2) is 5.75. The molecule has 3 rings (SSSR count). The topological polar surface area (TPSA) is 64.4 Å². The number of carbonyl (C=O) groups is 1. The highest BCUT2D eigenvalue weighted by atomic mass is 79.9. The lowest BCUT2D eigenvalue weighted by Gasteiger charge is -2.31. The van der Waals surface area contributed by atoms with Gasteiger partial charge < -0.3 is 15.8 Å². The Hall–Kier alpha value is -1.43. The molecule has 1 fully saturated rings. The standard InChI is InChI=1S/C16H17BrN2O2/c17-13-5-6-14(12-4-2-1-3-11(12)13)19-15(20)16(18)7-9-21-10-8-16/h1-6H,7-10,18H2,(H,19,20). The molecule has 2 aromatic carbocycles. The van der Waals surface area contributed by atoms with E-state index in [4.69, 9.17) is 10.5 Å². The molecule has 4 nitrogen and oxygen atoms in total. The minimum Gasteiger partial charge on any atom is -0.381 e. The number of ether oxygens (including phenoxy) is 1. The summed E-state index contributed by atoms with van der Waals surface area (Å²) in [5.41, 5.74) is 6.17. The number of halogens is 1. The summed E-state index contributed by atoms with van der Waals surface area (Å²) >= 11 is 3.53. The first kappa shape index (κ1) is 14.5. The smallest absolute Gasteiger partial charge is 0.244 e. The van der Waals surface area contributed by atoms with E-state index in [1.54, 1.807) is 0 Å². The van der Waals surface area contributed by atoms with Crippen molar-refractivity contribution in [2.24, 2.45) is 5.73 Å². The van der Waals surface area contributed by atoms with Gasteiger partial charge in [-0.15, -0.1) is 0 Å². The molecule has 0 atom stereocenters. The SMILES string of the molecule is NC1(C(=O)Nc2ccc(Br)c3ccccc23)CCOCC1. The van der Waals surface area contributed by atoms with Gasteiger partial charge in [-0.3, -0.25) is 4.79 Å². The molecule has 1 heterocycles. The van der Waals surface area contributed by atoms with Crippen LogP contribution in [0.25, 0.3) is 10.8 Å². The van der Waals surface area contributed by atoms with Gasteiger partial charge in [0.2, 0.25) is 5.91 Å². The van der Waals surface area contributed by atoms with Gasteiger partial charge >= 0.3 is 0 Å². The molecule has 0 radical (unpaired) electrons. The van der Waals surface area contributed by atoms with Gasteiger partial charge in [0.1, 0.15) is 5.54 Å². The summed E-state index contributed by atoms with van der Waals surface area (Å²) in [6.07, 6.45) is 1.10. The molecule has 1 aliphatic rings. The highest BCUT2D eigenvalue weighted by Gasteiger charge is 2.36. The molecule has 110 valence electrons. The van der Waals surface area contributed by atoms with Gasteiger partial charge in [-0.05, 0) is 30.4 Å². The van der Waals surface area contributed by atoms with Crippen molar-refractivity contribution in [2.75, 3.05) is 18.5 Å². The summed E-state index contributed by atoms with van der Waals surface area (Å²) in [5.74, 6) is -0.140. The van der Waals surface area contributed by atoms with Crippen LogP contribution in [0, 0.1) is 0 Å². The summed E-state index contributed by atoms with van der Waals surface area (Å²) in [4.78, 5) is 12.5. The molecule has 3 N–H and O–H groups in total. The molecule has 0 aliphatic carbocycles. The molecule has 1 aliphatic heterocycles. The maximum atomic E-state index is 12.5. The lowest BCUT2D eigenvalue weighted by Crippen LogP contribution is -2.54. The van der Waals surface area contributed by atoms with Crippen LogP contribution in [-0.2, 0) is 9.53 Å². The van der Waals surface area contributed by atoms with E-state index in [1.165, 1.54) is 0 Å². The number of carbonyl (C=O) groups excluding carboxylic acids is 1. The second-order valence-electron chi connectivity index (χ2n) is 5.36. The number of anilines is 1. The molecule has 0 spiro atoms. The van der Waals surface area contributed by atoms with Gasteiger partial charge in [0, 0.05) is 28.8 Å². The highest BCUT2D eigenvalue weighted by molar-refractivity contribution is 9.10. The third-order valence-corrected chi connectivity index (χ3v) is 4.65. The van der Waals surface area contributed by atoms with Crippen molar-refractivity contribution < 1.29 is 9.53 Å². The Morgan fingerprint density at radius 2 is 1.81 bits per heavy atom. The van der Waals surface area contributed by atoms with E-state index >= 15 is 0 Å². The van der Waals surface area contributed by atoms with Gasteiger partial charge in [-0.1, -0.05) is 40.2 Å². The van der Waals surface area contributed by atoms with Gasteiger partial charge in [0.05, 0.1) is 0 Å². The largest absolute Gasteiger partial charge is 0.381 e. The Labute approximate surface area is 131 Å². The number of rotatable bonds is 2. The lowest BCUT2D eigenvalue weighted by molar-refractivity contribution is -0.124. The summed E-state index contributed by atoms with van der Waals surface area (Å²) in [5, 5.41) is 5.04. The van der Waals surface area contributed by atoms with Crippen LogP contribution in [0.3, 0.4) is 0 Å². The quantitative estimate of drug-likeness (QED) is 0.876. The normalized spacial score (nSPS) is 17.6. The molecule has 1 amide bonds. The highest BCUT2D eigenvalue weighted by Crippen LogP contribution is 2.31. The van der Waals surface area contributed by atoms with Crippen LogP contribution in [0.2, 0.25) is 0 Å². The van der Waals surface area contributed by atoms with Crippen LogP contribution in [0.1, 0.15) is 12.8 Å². The molecular weight excluding hydrogens is 332 g/mol. The van der Waals surface area contributed by atoms with Crippen molar-refractivity contribution in [2.45, 2.75) is 18.4 Å². The minimum absolute atomic E-state index is 0.140. The fraction of sp³-hybridized carbons (Fsp3) is 0.312. The zero-order valence-electron chi connectivity index (χ0n) is 11.6. The average Bonchev–Trinajstić information content (AvgIpc) is 2.51. The Morgan fingerprint density at radius 3 is 2.52 bits per heavy atom. The second-order valence-corrected chi connectivity index (χ2v) is 6.22.